The molecule has 0 fully saturated rings. The number of thiazole rings is 1. The molecular weight excluding hydrogens is 223 g/mol. The normalized spacial score (nSPS) is 10.7. The molecule has 0 bridgehead atoms. The van der Waals surface area contributed by atoms with E-state index in [1.54, 1.807) is 6.07 Å². The van der Waals surface area contributed by atoms with Gasteiger partial charge in [0.1, 0.15) is 5.82 Å². The van der Waals surface area contributed by atoms with Crippen LogP contribution in [0.2, 0.25) is 0 Å². The summed E-state index contributed by atoms with van der Waals surface area (Å²) in [5, 5.41) is 0.590. The molecule has 16 heavy (non-hydrogen) atoms. The van der Waals surface area contributed by atoms with Gasteiger partial charge in [0.15, 0.2) is 5.13 Å². The lowest BCUT2D eigenvalue weighted by atomic mass is 10.0. The van der Waals surface area contributed by atoms with Crippen LogP contribution in [0.3, 0.4) is 0 Å². The van der Waals surface area contributed by atoms with Gasteiger partial charge < -0.3 is 5.73 Å². The van der Waals surface area contributed by atoms with Gasteiger partial charge in [-0.3, -0.25) is 0 Å². The number of nitrogens with zero attached hydrogens (tertiary/aromatic N) is 1. The third kappa shape index (κ3) is 2.22. The van der Waals surface area contributed by atoms with Crippen LogP contribution in [0.1, 0.15) is 21.7 Å². The number of anilines is 1. The van der Waals surface area contributed by atoms with Gasteiger partial charge in [-0.25, -0.2) is 9.37 Å². The molecule has 2 nitrogen and oxygen atoms in total. The van der Waals surface area contributed by atoms with E-state index in [-0.39, 0.29) is 5.82 Å². The third-order valence-electron chi connectivity index (χ3n) is 2.56. The van der Waals surface area contributed by atoms with Crippen LogP contribution in [0.15, 0.2) is 18.2 Å². The van der Waals surface area contributed by atoms with Crippen LogP contribution in [0, 0.1) is 19.7 Å². The molecule has 2 aromatic rings. The van der Waals surface area contributed by atoms with E-state index in [1.165, 1.54) is 17.4 Å². The summed E-state index contributed by atoms with van der Waals surface area (Å²) < 4.78 is 12.9. The monoisotopic (exact) mass is 236 g/mol. The Labute approximate surface area is 97.9 Å². The maximum atomic E-state index is 12.9. The Morgan fingerprint density at radius 3 is 2.69 bits per heavy atom. The van der Waals surface area contributed by atoms with Crippen molar-refractivity contribution in [2.24, 2.45) is 0 Å². The van der Waals surface area contributed by atoms with E-state index in [9.17, 15) is 4.39 Å². The maximum absolute atomic E-state index is 12.9. The highest BCUT2D eigenvalue weighted by Crippen LogP contribution is 2.24. The van der Waals surface area contributed by atoms with Crippen molar-refractivity contribution in [2.75, 3.05) is 5.73 Å². The summed E-state index contributed by atoms with van der Waals surface area (Å²) in [6.45, 7) is 3.86. The highest BCUT2D eigenvalue weighted by Gasteiger charge is 2.08. The van der Waals surface area contributed by atoms with Gasteiger partial charge in [0.05, 0.1) is 5.69 Å². The molecule has 0 aliphatic heterocycles. The number of rotatable bonds is 2. The van der Waals surface area contributed by atoms with Crippen molar-refractivity contribution in [1.29, 1.82) is 0 Å². The molecule has 0 unspecified atom stereocenters. The number of aryl methyl sites for hydroxylation is 2. The second-order valence-corrected chi connectivity index (χ2v) is 4.92. The first kappa shape index (κ1) is 11.1. The topological polar surface area (TPSA) is 38.9 Å². The zero-order chi connectivity index (χ0) is 11.7. The molecule has 2 N–H and O–H groups in total. The number of hydrogen-bond donors (Lipinski definition) is 1. The second-order valence-electron chi connectivity index (χ2n) is 3.81. The average molecular weight is 236 g/mol. The zero-order valence-corrected chi connectivity index (χ0v) is 10.1. The Morgan fingerprint density at radius 1 is 1.38 bits per heavy atom. The summed E-state index contributed by atoms with van der Waals surface area (Å²) in [5.41, 5.74) is 8.69. The zero-order valence-electron chi connectivity index (χ0n) is 9.25. The first-order valence-electron chi connectivity index (χ1n) is 5.03. The molecule has 0 saturated carbocycles. The maximum Gasteiger partial charge on any atom is 0.180 e. The van der Waals surface area contributed by atoms with E-state index in [1.807, 2.05) is 19.9 Å². The Bertz CT molecular complexity index is 520. The van der Waals surface area contributed by atoms with Gasteiger partial charge in [0, 0.05) is 11.3 Å². The van der Waals surface area contributed by atoms with Crippen molar-refractivity contribution >= 4 is 16.5 Å². The van der Waals surface area contributed by atoms with Gasteiger partial charge in [0.25, 0.3) is 0 Å². The van der Waals surface area contributed by atoms with Gasteiger partial charge in [-0.15, -0.1) is 11.3 Å². The lowest BCUT2D eigenvalue weighted by Gasteiger charge is -2.04. The number of benzene rings is 1. The summed E-state index contributed by atoms with van der Waals surface area (Å²) in [5.74, 6) is -0.193. The van der Waals surface area contributed by atoms with Crippen molar-refractivity contribution in [2.45, 2.75) is 20.3 Å². The molecule has 0 amide bonds. The molecule has 1 aromatic carbocycles. The largest absolute Gasteiger partial charge is 0.375 e. The van der Waals surface area contributed by atoms with Crippen LogP contribution < -0.4 is 5.73 Å². The molecule has 0 aliphatic carbocycles. The van der Waals surface area contributed by atoms with E-state index in [2.05, 4.69) is 4.98 Å². The molecule has 4 heteroatoms. The molecule has 2 rings (SSSR count). The van der Waals surface area contributed by atoms with E-state index in [0.717, 1.165) is 28.1 Å². The fraction of sp³-hybridized carbons (Fsp3) is 0.250. The van der Waals surface area contributed by atoms with Crippen LogP contribution in [0.25, 0.3) is 0 Å². The highest BCUT2D eigenvalue weighted by molar-refractivity contribution is 7.15. The van der Waals surface area contributed by atoms with Crippen molar-refractivity contribution < 1.29 is 4.39 Å². The SMILES string of the molecule is Cc1cc(F)ccc1Cc1sc(N)nc1C. The molecule has 0 radical (unpaired) electrons. The summed E-state index contributed by atoms with van der Waals surface area (Å²) in [4.78, 5) is 5.32. The van der Waals surface area contributed by atoms with E-state index < -0.39 is 0 Å². The minimum atomic E-state index is -0.193. The number of hydrogen-bond acceptors (Lipinski definition) is 3. The lowest BCUT2D eigenvalue weighted by Crippen LogP contribution is -1.92. The molecule has 1 aromatic heterocycles. The quantitative estimate of drug-likeness (QED) is 0.870. The minimum absolute atomic E-state index is 0.193. The number of aromatic nitrogens is 1. The fourth-order valence-corrected chi connectivity index (χ4v) is 2.50. The lowest BCUT2D eigenvalue weighted by molar-refractivity contribution is 0.626. The van der Waals surface area contributed by atoms with Crippen molar-refractivity contribution in [3.8, 4) is 0 Å². The standard InChI is InChI=1S/C12H13FN2S/c1-7-5-10(13)4-3-9(7)6-11-8(2)15-12(14)16-11/h3-5H,6H2,1-2H3,(H2,14,15). The number of nitrogen functional groups attached to an aromatic ring is 1. The van der Waals surface area contributed by atoms with Crippen LogP contribution >= 0.6 is 11.3 Å². The van der Waals surface area contributed by atoms with Crippen LogP contribution in [0.4, 0.5) is 9.52 Å². The molecule has 0 spiro atoms. The third-order valence-corrected chi connectivity index (χ3v) is 3.55. The van der Waals surface area contributed by atoms with E-state index in [0.29, 0.717) is 5.13 Å². The Hall–Kier alpha value is -1.42. The smallest absolute Gasteiger partial charge is 0.180 e. The summed E-state index contributed by atoms with van der Waals surface area (Å²) in [6.07, 6.45) is 0.771. The Kier molecular flexibility index (Phi) is 2.92. The first-order chi connectivity index (χ1) is 7.56. The molecule has 1 heterocycles. The predicted octanol–water partition coefficient (Wildman–Crippen LogP) is 3.07. The first-order valence-corrected chi connectivity index (χ1v) is 5.84. The number of halogens is 1. The van der Waals surface area contributed by atoms with Gasteiger partial charge in [-0.2, -0.15) is 0 Å². The van der Waals surface area contributed by atoms with E-state index in [4.69, 9.17) is 5.73 Å². The molecule has 0 saturated heterocycles. The summed E-state index contributed by atoms with van der Waals surface area (Å²) in [6, 6.07) is 4.86. The van der Waals surface area contributed by atoms with Crippen molar-refractivity contribution in [3.05, 3.63) is 45.7 Å². The van der Waals surface area contributed by atoms with Crippen molar-refractivity contribution in [3.63, 3.8) is 0 Å². The number of nitrogens with two attached hydrogens (primary N) is 1. The molecule has 0 atom stereocenters. The average Bonchev–Trinajstić information content (AvgIpc) is 2.50. The molecule has 0 aliphatic rings. The highest BCUT2D eigenvalue weighted by atomic mass is 32.1. The van der Waals surface area contributed by atoms with Crippen molar-refractivity contribution in [1.82, 2.24) is 4.98 Å². The fourth-order valence-electron chi connectivity index (χ4n) is 1.65. The van der Waals surface area contributed by atoms with Gasteiger partial charge in [-0.1, -0.05) is 6.07 Å². The predicted molar refractivity (Wildman–Crippen MR) is 65.2 cm³/mol. The summed E-state index contributed by atoms with van der Waals surface area (Å²) >= 11 is 1.50. The Morgan fingerprint density at radius 2 is 2.12 bits per heavy atom. The second kappa shape index (κ2) is 4.22. The van der Waals surface area contributed by atoms with E-state index >= 15 is 0 Å². The van der Waals surface area contributed by atoms with Gasteiger partial charge in [-0.05, 0) is 37.1 Å². The van der Waals surface area contributed by atoms with Gasteiger partial charge >= 0.3 is 0 Å². The van der Waals surface area contributed by atoms with Gasteiger partial charge in [0.2, 0.25) is 0 Å². The van der Waals surface area contributed by atoms with Crippen LogP contribution in [-0.4, -0.2) is 4.98 Å². The molecule has 84 valence electrons. The Balaban J connectivity index is 2.30. The minimum Gasteiger partial charge on any atom is -0.375 e. The molecular formula is C12H13FN2S. The summed E-state index contributed by atoms with van der Waals surface area (Å²) in [7, 11) is 0. The van der Waals surface area contributed by atoms with Crippen LogP contribution in [-0.2, 0) is 6.42 Å². The van der Waals surface area contributed by atoms with Crippen LogP contribution in [0.5, 0.6) is 0 Å².